The summed E-state index contributed by atoms with van der Waals surface area (Å²) in [5, 5.41) is 3.70. The molecule has 2 fully saturated rings. The van der Waals surface area contributed by atoms with Crippen LogP contribution in [-0.4, -0.2) is 17.5 Å². The highest BCUT2D eigenvalue weighted by molar-refractivity contribution is 5.84. The zero-order chi connectivity index (χ0) is 13.7. The minimum absolute atomic E-state index is 0.120. The van der Waals surface area contributed by atoms with E-state index >= 15 is 0 Å². The number of amides is 1. The third-order valence-electron chi connectivity index (χ3n) is 5.17. The number of carbonyl (C=O) groups excluding carboxylic acids is 1. The molecule has 1 amide bonds. The Kier molecular flexibility index (Phi) is 5.26. The van der Waals surface area contributed by atoms with Crippen LogP contribution in [0.25, 0.3) is 0 Å². The van der Waals surface area contributed by atoms with E-state index in [1.54, 1.807) is 0 Å². The van der Waals surface area contributed by atoms with Crippen molar-refractivity contribution >= 4 is 5.91 Å². The quantitative estimate of drug-likeness (QED) is 0.771. The van der Waals surface area contributed by atoms with Gasteiger partial charge in [0.2, 0.25) is 5.91 Å². The molecule has 0 spiro atoms. The van der Waals surface area contributed by atoms with Gasteiger partial charge < -0.3 is 11.1 Å². The van der Waals surface area contributed by atoms with E-state index < -0.39 is 5.54 Å². The maximum atomic E-state index is 12.1. The second kappa shape index (κ2) is 6.74. The highest BCUT2D eigenvalue weighted by Crippen LogP contribution is 2.32. The lowest BCUT2D eigenvalue weighted by Gasteiger charge is -2.35. The summed E-state index contributed by atoms with van der Waals surface area (Å²) in [5.74, 6) is 0.614. The van der Waals surface area contributed by atoms with Gasteiger partial charge in [-0.05, 0) is 38.0 Å². The van der Waals surface area contributed by atoms with Crippen molar-refractivity contribution < 1.29 is 4.79 Å². The van der Waals surface area contributed by atoms with Crippen LogP contribution in [0.4, 0.5) is 0 Å². The molecule has 3 heteroatoms. The van der Waals surface area contributed by atoms with E-state index in [9.17, 15) is 4.79 Å². The van der Waals surface area contributed by atoms with Crippen molar-refractivity contribution in [1.82, 2.24) is 5.32 Å². The second-order valence-electron chi connectivity index (χ2n) is 6.82. The van der Waals surface area contributed by atoms with Crippen LogP contribution >= 0.6 is 0 Å². The topological polar surface area (TPSA) is 55.1 Å². The number of nitrogens with two attached hydrogens (primary N) is 1. The summed E-state index contributed by atoms with van der Waals surface area (Å²) in [5.41, 5.74) is 5.35. The number of rotatable bonds is 3. The fraction of sp³-hybridized carbons (Fsp3) is 0.938. The molecule has 0 radical (unpaired) electrons. The number of carbonyl (C=O) groups is 1. The highest BCUT2D eigenvalue weighted by Gasteiger charge is 2.39. The van der Waals surface area contributed by atoms with Crippen molar-refractivity contribution in [3.8, 4) is 0 Å². The molecule has 2 unspecified atom stereocenters. The summed E-state index contributed by atoms with van der Waals surface area (Å²) >= 11 is 0. The van der Waals surface area contributed by atoms with Gasteiger partial charge in [-0.1, -0.05) is 45.4 Å². The predicted molar refractivity (Wildman–Crippen MR) is 78.8 cm³/mol. The van der Waals surface area contributed by atoms with Gasteiger partial charge in [0.25, 0.3) is 0 Å². The molecule has 2 aliphatic rings. The summed E-state index contributed by atoms with van der Waals surface area (Å²) in [6.45, 7) is 2.29. The Balaban J connectivity index is 2.03. The van der Waals surface area contributed by atoms with Crippen molar-refractivity contribution in [2.24, 2.45) is 11.7 Å². The molecule has 0 aromatic carbocycles. The molecule has 2 atom stereocenters. The van der Waals surface area contributed by atoms with E-state index in [2.05, 4.69) is 12.2 Å². The SMILES string of the molecule is CC1CCCC(NC2CCCCCC2)(C(N)=O)CC1. The minimum atomic E-state index is -0.417. The Hall–Kier alpha value is -0.570. The van der Waals surface area contributed by atoms with Crippen LogP contribution in [0, 0.1) is 5.92 Å². The van der Waals surface area contributed by atoms with Crippen molar-refractivity contribution in [3.63, 3.8) is 0 Å². The standard InChI is InChI=1S/C16H30N2O/c1-13-7-6-11-16(12-10-13,15(17)19)18-14-8-4-2-3-5-9-14/h13-14,18H,2-12H2,1H3,(H2,17,19). The fourth-order valence-electron chi connectivity index (χ4n) is 3.79. The molecule has 0 aromatic heterocycles. The fourth-order valence-corrected chi connectivity index (χ4v) is 3.79. The van der Waals surface area contributed by atoms with Gasteiger partial charge in [0, 0.05) is 6.04 Å². The molecular weight excluding hydrogens is 236 g/mol. The maximum absolute atomic E-state index is 12.1. The molecule has 19 heavy (non-hydrogen) atoms. The largest absolute Gasteiger partial charge is 0.368 e. The zero-order valence-electron chi connectivity index (χ0n) is 12.4. The summed E-state index contributed by atoms with van der Waals surface area (Å²) in [7, 11) is 0. The molecule has 3 nitrogen and oxygen atoms in total. The van der Waals surface area contributed by atoms with Crippen LogP contribution in [0.15, 0.2) is 0 Å². The lowest BCUT2D eigenvalue weighted by molar-refractivity contribution is -0.125. The van der Waals surface area contributed by atoms with Crippen LogP contribution < -0.4 is 11.1 Å². The van der Waals surface area contributed by atoms with Gasteiger partial charge in [0.15, 0.2) is 0 Å². The Morgan fingerprint density at radius 1 is 1.00 bits per heavy atom. The highest BCUT2D eigenvalue weighted by atomic mass is 16.1. The molecule has 2 aliphatic carbocycles. The zero-order valence-corrected chi connectivity index (χ0v) is 12.4. The van der Waals surface area contributed by atoms with Crippen molar-refractivity contribution in [1.29, 1.82) is 0 Å². The number of hydrogen-bond acceptors (Lipinski definition) is 2. The molecule has 0 aromatic rings. The van der Waals surface area contributed by atoms with Crippen LogP contribution in [0.1, 0.15) is 77.6 Å². The molecule has 0 saturated heterocycles. The normalized spacial score (nSPS) is 34.5. The summed E-state index contributed by atoms with van der Waals surface area (Å²) < 4.78 is 0. The van der Waals surface area contributed by atoms with Gasteiger partial charge in [0.05, 0.1) is 5.54 Å². The van der Waals surface area contributed by atoms with Gasteiger partial charge in [-0.3, -0.25) is 4.79 Å². The van der Waals surface area contributed by atoms with Gasteiger partial charge in [-0.15, -0.1) is 0 Å². The number of nitrogens with one attached hydrogen (secondary N) is 1. The first-order valence-corrected chi connectivity index (χ1v) is 8.20. The third kappa shape index (κ3) is 3.95. The molecule has 2 rings (SSSR count). The predicted octanol–water partition coefficient (Wildman–Crippen LogP) is 3.12. The molecule has 0 aliphatic heterocycles. The van der Waals surface area contributed by atoms with Crippen LogP contribution in [0.5, 0.6) is 0 Å². The van der Waals surface area contributed by atoms with E-state index in [4.69, 9.17) is 5.73 Å². The van der Waals surface area contributed by atoms with Crippen LogP contribution in [0.2, 0.25) is 0 Å². The van der Waals surface area contributed by atoms with E-state index in [0.29, 0.717) is 6.04 Å². The van der Waals surface area contributed by atoms with Crippen molar-refractivity contribution in [2.75, 3.05) is 0 Å². The Morgan fingerprint density at radius 2 is 1.68 bits per heavy atom. The molecule has 110 valence electrons. The smallest absolute Gasteiger partial charge is 0.237 e. The van der Waals surface area contributed by atoms with Gasteiger partial charge >= 0.3 is 0 Å². The van der Waals surface area contributed by atoms with Crippen molar-refractivity contribution in [2.45, 2.75) is 89.1 Å². The Morgan fingerprint density at radius 3 is 2.32 bits per heavy atom. The van der Waals surface area contributed by atoms with E-state index in [0.717, 1.165) is 31.6 Å². The van der Waals surface area contributed by atoms with E-state index in [1.165, 1.54) is 44.9 Å². The number of hydrogen-bond donors (Lipinski definition) is 2. The monoisotopic (exact) mass is 266 g/mol. The molecule has 0 heterocycles. The van der Waals surface area contributed by atoms with Crippen LogP contribution in [0.3, 0.4) is 0 Å². The van der Waals surface area contributed by atoms with Gasteiger partial charge in [-0.2, -0.15) is 0 Å². The molecule has 3 N–H and O–H groups in total. The lowest BCUT2D eigenvalue weighted by atomic mass is 9.87. The second-order valence-corrected chi connectivity index (χ2v) is 6.82. The van der Waals surface area contributed by atoms with E-state index in [1.807, 2.05) is 0 Å². The van der Waals surface area contributed by atoms with Gasteiger partial charge in [-0.25, -0.2) is 0 Å². The first kappa shape index (κ1) is 14.8. The number of primary amides is 1. The average Bonchev–Trinajstić information content (AvgIpc) is 2.72. The van der Waals surface area contributed by atoms with Crippen molar-refractivity contribution in [3.05, 3.63) is 0 Å². The van der Waals surface area contributed by atoms with Gasteiger partial charge in [0.1, 0.15) is 0 Å². The molecule has 0 bridgehead atoms. The minimum Gasteiger partial charge on any atom is -0.368 e. The average molecular weight is 266 g/mol. The molecular formula is C16H30N2O. The Labute approximate surface area is 117 Å². The summed E-state index contributed by atoms with van der Waals surface area (Å²) in [6, 6.07) is 0.503. The molecule has 2 saturated carbocycles. The Bertz CT molecular complexity index is 297. The summed E-state index contributed by atoms with van der Waals surface area (Å²) in [6.07, 6.45) is 13.1. The first-order chi connectivity index (χ1) is 9.12. The summed E-state index contributed by atoms with van der Waals surface area (Å²) in [4.78, 5) is 12.1. The first-order valence-electron chi connectivity index (χ1n) is 8.20. The lowest BCUT2D eigenvalue weighted by Crippen LogP contribution is -2.58. The van der Waals surface area contributed by atoms with Crippen LogP contribution in [-0.2, 0) is 4.79 Å². The third-order valence-corrected chi connectivity index (χ3v) is 5.17. The maximum Gasteiger partial charge on any atom is 0.237 e. The van der Waals surface area contributed by atoms with E-state index in [-0.39, 0.29) is 5.91 Å².